The largest absolute Gasteiger partial charge is 0.447 e. The smallest absolute Gasteiger partial charge is 0.414 e. The van der Waals surface area contributed by atoms with Gasteiger partial charge in [-0.1, -0.05) is 12.1 Å². The molecule has 1 unspecified atom stereocenters. The number of amides is 4. The van der Waals surface area contributed by atoms with Gasteiger partial charge in [0.1, 0.15) is 12.4 Å². The van der Waals surface area contributed by atoms with Crippen LogP contribution in [0.1, 0.15) is 6.92 Å². The van der Waals surface area contributed by atoms with Crippen LogP contribution in [0.5, 0.6) is 0 Å². The first-order valence-corrected chi connectivity index (χ1v) is 10.8. The van der Waals surface area contributed by atoms with Gasteiger partial charge in [0.05, 0.1) is 12.6 Å². The predicted molar refractivity (Wildman–Crippen MR) is 122 cm³/mol. The number of nitrogens with one attached hydrogen (secondary N) is 2. The first-order chi connectivity index (χ1) is 15.9. The van der Waals surface area contributed by atoms with Crippen molar-refractivity contribution < 1.29 is 23.5 Å². The highest BCUT2D eigenvalue weighted by molar-refractivity contribution is 5.95. The molecule has 0 spiro atoms. The molecule has 2 saturated heterocycles. The summed E-state index contributed by atoms with van der Waals surface area (Å²) >= 11 is 0. The number of ether oxygens (including phenoxy) is 1. The van der Waals surface area contributed by atoms with Crippen LogP contribution in [0.2, 0.25) is 0 Å². The van der Waals surface area contributed by atoms with Gasteiger partial charge in [0.25, 0.3) is 0 Å². The van der Waals surface area contributed by atoms with Crippen LogP contribution in [0, 0.1) is 5.82 Å². The Morgan fingerprint density at radius 2 is 1.67 bits per heavy atom. The van der Waals surface area contributed by atoms with E-state index in [1.807, 2.05) is 4.90 Å². The Balaban J connectivity index is 1.28. The van der Waals surface area contributed by atoms with E-state index in [1.165, 1.54) is 17.0 Å². The number of hydrogen-bond acceptors (Lipinski definition) is 5. The van der Waals surface area contributed by atoms with Crippen LogP contribution in [-0.4, -0.2) is 73.2 Å². The number of anilines is 3. The number of piperazine rings is 1. The van der Waals surface area contributed by atoms with Crippen molar-refractivity contribution in [1.82, 2.24) is 9.80 Å². The summed E-state index contributed by atoms with van der Waals surface area (Å²) in [5.41, 5.74) is 1.66. The van der Waals surface area contributed by atoms with Crippen LogP contribution in [0.15, 0.2) is 48.5 Å². The molecule has 4 rings (SSSR count). The summed E-state index contributed by atoms with van der Waals surface area (Å²) in [5, 5.41) is 5.60. The maximum Gasteiger partial charge on any atom is 0.414 e. The molecule has 2 fully saturated rings. The average Bonchev–Trinajstić information content (AvgIpc) is 3.24. The zero-order chi connectivity index (χ0) is 23.4. The average molecular weight is 455 g/mol. The number of carbonyl (C=O) groups is 3. The lowest BCUT2D eigenvalue weighted by atomic mass is 10.2. The van der Waals surface area contributed by atoms with E-state index in [0.29, 0.717) is 56.4 Å². The summed E-state index contributed by atoms with van der Waals surface area (Å²) in [7, 11) is 0. The number of benzene rings is 2. The number of nitrogens with zero attached hydrogens (tertiary/aromatic N) is 3. The third-order valence-electron chi connectivity index (χ3n) is 5.79. The van der Waals surface area contributed by atoms with Crippen molar-refractivity contribution in [3.8, 4) is 0 Å². The Morgan fingerprint density at radius 1 is 0.970 bits per heavy atom. The lowest BCUT2D eigenvalue weighted by Crippen LogP contribution is -2.54. The Labute approximate surface area is 191 Å². The molecule has 174 valence electrons. The minimum Gasteiger partial charge on any atom is -0.447 e. The van der Waals surface area contributed by atoms with E-state index in [-0.39, 0.29) is 11.9 Å². The quantitative estimate of drug-likeness (QED) is 0.723. The summed E-state index contributed by atoms with van der Waals surface area (Å²) in [6.07, 6.45) is -0.398. The van der Waals surface area contributed by atoms with Gasteiger partial charge in [-0.3, -0.25) is 14.6 Å². The second-order valence-electron chi connectivity index (χ2n) is 7.95. The van der Waals surface area contributed by atoms with Gasteiger partial charge in [-0.2, -0.15) is 0 Å². The van der Waals surface area contributed by atoms with Crippen molar-refractivity contribution in [2.75, 3.05) is 54.9 Å². The number of rotatable bonds is 5. The fourth-order valence-electron chi connectivity index (χ4n) is 3.87. The van der Waals surface area contributed by atoms with Gasteiger partial charge in [-0.15, -0.1) is 0 Å². The van der Waals surface area contributed by atoms with Gasteiger partial charge in [0.2, 0.25) is 5.91 Å². The highest BCUT2D eigenvalue weighted by atomic mass is 19.1. The van der Waals surface area contributed by atoms with Crippen molar-refractivity contribution in [3.05, 3.63) is 54.3 Å². The Morgan fingerprint density at radius 3 is 2.33 bits per heavy atom. The van der Waals surface area contributed by atoms with Gasteiger partial charge in [-0.05, 0) is 43.3 Å². The van der Waals surface area contributed by atoms with E-state index in [2.05, 4.69) is 10.6 Å². The first kappa shape index (κ1) is 22.5. The maximum atomic E-state index is 13.3. The molecule has 2 aromatic rings. The zero-order valence-corrected chi connectivity index (χ0v) is 18.3. The molecular weight excluding hydrogens is 429 g/mol. The van der Waals surface area contributed by atoms with Crippen LogP contribution in [0.25, 0.3) is 0 Å². The fourth-order valence-corrected chi connectivity index (χ4v) is 3.87. The van der Waals surface area contributed by atoms with Crippen LogP contribution in [0.4, 0.5) is 31.0 Å². The van der Waals surface area contributed by atoms with Crippen molar-refractivity contribution in [2.24, 2.45) is 0 Å². The van der Waals surface area contributed by atoms with E-state index in [9.17, 15) is 18.8 Å². The molecule has 9 nitrogen and oxygen atoms in total. The Bertz CT molecular complexity index is 1040. The molecule has 0 saturated carbocycles. The normalized spacial score (nSPS) is 17.5. The predicted octanol–water partition coefficient (Wildman–Crippen LogP) is 2.96. The topological polar surface area (TPSA) is 94.2 Å². The van der Waals surface area contributed by atoms with E-state index < -0.39 is 18.0 Å². The molecule has 4 amide bonds. The third kappa shape index (κ3) is 5.40. The monoisotopic (exact) mass is 455 g/mol. The molecule has 10 heteroatoms. The van der Waals surface area contributed by atoms with Gasteiger partial charge < -0.3 is 20.3 Å². The van der Waals surface area contributed by atoms with Crippen LogP contribution < -0.4 is 15.5 Å². The summed E-state index contributed by atoms with van der Waals surface area (Å²) in [4.78, 5) is 42.2. The van der Waals surface area contributed by atoms with E-state index in [1.54, 1.807) is 48.2 Å². The third-order valence-corrected chi connectivity index (χ3v) is 5.79. The highest BCUT2D eigenvalue weighted by Gasteiger charge is 2.28. The molecule has 33 heavy (non-hydrogen) atoms. The molecule has 0 bridgehead atoms. The van der Waals surface area contributed by atoms with Crippen LogP contribution in [-0.2, 0) is 9.53 Å². The number of urea groups is 1. The molecule has 2 aromatic carbocycles. The molecule has 0 aliphatic carbocycles. The second-order valence-corrected chi connectivity index (χ2v) is 7.95. The number of halogens is 1. The molecule has 1 atom stereocenters. The molecule has 2 heterocycles. The minimum atomic E-state index is -0.421. The van der Waals surface area contributed by atoms with Gasteiger partial charge in [0, 0.05) is 43.2 Å². The molecule has 2 N–H and O–H groups in total. The number of carbonyl (C=O) groups excluding carboxylic acids is 3. The van der Waals surface area contributed by atoms with Crippen molar-refractivity contribution >= 4 is 35.1 Å². The number of cyclic esters (lactones) is 1. The Hall–Kier alpha value is -3.66. The molecule has 0 aromatic heterocycles. The molecule has 2 aliphatic rings. The lowest BCUT2D eigenvalue weighted by Gasteiger charge is -2.37. The van der Waals surface area contributed by atoms with Gasteiger partial charge in [0.15, 0.2) is 0 Å². The molecule has 0 radical (unpaired) electrons. The van der Waals surface area contributed by atoms with Crippen LogP contribution in [0.3, 0.4) is 0 Å². The summed E-state index contributed by atoms with van der Waals surface area (Å²) in [5.74, 6) is -0.637. The van der Waals surface area contributed by atoms with Gasteiger partial charge >= 0.3 is 12.1 Å². The highest BCUT2D eigenvalue weighted by Crippen LogP contribution is 2.23. The van der Waals surface area contributed by atoms with E-state index in [0.717, 1.165) is 0 Å². The summed E-state index contributed by atoms with van der Waals surface area (Å²) in [6, 6.07) is 12.2. The minimum absolute atomic E-state index is 0.226. The first-order valence-electron chi connectivity index (χ1n) is 10.8. The Kier molecular flexibility index (Phi) is 6.74. The van der Waals surface area contributed by atoms with Crippen LogP contribution >= 0.6 is 0 Å². The van der Waals surface area contributed by atoms with E-state index in [4.69, 9.17) is 4.74 Å². The zero-order valence-electron chi connectivity index (χ0n) is 18.3. The summed E-state index contributed by atoms with van der Waals surface area (Å²) < 4.78 is 18.3. The fraction of sp³-hybridized carbons (Fsp3) is 0.348. The summed E-state index contributed by atoms with van der Waals surface area (Å²) in [6.45, 7) is 4.60. The van der Waals surface area contributed by atoms with Crippen molar-refractivity contribution in [3.63, 3.8) is 0 Å². The lowest BCUT2D eigenvalue weighted by molar-refractivity contribution is -0.121. The molecular formula is C23H26FN5O4. The molecule has 2 aliphatic heterocycles. The van der Waals surface area contributed by atoms with Crippen molar-refractivity contribution in [1.29, 1.82) is 0 Å². The second kappa shape index (κ2) is 9.86. The maximum absolute atomic E-state index is 13.3. The van der Waals surface area contributed by atoms with Crippen molar-refractivity contribution in [2.45, 2.75) is 13.0 Å². The standard InChI is InChI=1S/C23H26FN5O4/c1-16(21(30)25-18-5-2-4-17(24)14-18)27-8-10-28(11-9-27)22(31)26-19-6-3-7-20(15-19)29-12-13-33-23(29)32/h2-7,14-16H,8-13H2,1H3,(H,25,30)(H,26,31). The SMILES string of the molecule is CC(C(=O)Nc1cccc(F)c1)N1CCN(C(=O)Nc2cccc(N3CCOC3=O)c2)CC1. The van der Waals surface area contributed by atoms with E-state index >= 15 is 0 Å². The number of hydrogen-bond donors (Lipinski definition) is 2. The van der Waals surface area contributed by atoms with Gasteiger partial charge in [-0.25, -0.2) is 14.0 Å².